The highest BCUT2D eigenvalue weighted by Gasteiger charge is 2.21. The fraction of sp³-hybridized carbons (Fsp3) is 0.170. The first kappa shape index (κ1) is 33.1. The Hall–Kier alpha value is -5.72. The molecule has 0 heteroatoms. The van der Waals surface area contributed by atoms with E-state index < -0.39 is 0 Å². The molecule has 0 N–H and O–H groups in total. The number of benzene rings is 9. The van der Waals surface area contributed by atoms with Gasteiger partial charge in [-0.15, -0.1) is 0 Å². The lowest BCUT2D eigenvalue weighted by Gasteiger charge is -2.21. The predicted octanol–water partition coefficient (Wildman–Crippen LogP) is 15.8. The molecule has 0 saturated carbocycles. The highest BCUT2D eigenvalue weighted by molar-refractivity contribution is 6.26. The number of hydrogen-bond donors (Lipinski definition) is 0. The second kappa shape index (κ2) is 13.0. The van der Waals surface area contributed by atoms with Gasteiger partial charge in [-0.25, -0.2) is 0 Å². The molecule has 0 aliphatic rings. The number of rotatable bonds is 6. The van der Waals surface area contributed by atoms with Crippen LogP contribution in [0.25, 0.3) is 87.2 Å². The molecule has 53 heavy (non-hydrogen) atoms. The summed E-state index contributed by atoms with van der Waals surface area (Å²) < 4.78 is 0. The van der Waals surface area contributed by atoms with E-state index in [1.54, 1.807) is 0 Å². The summed E-state index contributed by atoms with van der Waals surface area (Å²) in [5, 5.41) is 12.9. The molecule has 0 aliphatic heterocycles. The molecule has 9 rings (SSSR count). The fourth-order valence-electron chi connectivity index (χ4n) is 8.60. The van der Waals surface area contributed by atoms with E-state index in [1.807, 2.05) is 0 Å². The second-order valence-electron chi connectivity index (χ2n) is 15.9. The third kappa shape index (κ3) is 5.60. The largest absolute Gasteiger partial charge is 0.0616 e. The van der Waals surface area contributed by atoms with Crippen LogP contribution in [0.4, 0.5) is 0 Å². The third-order valence-electron chi connectivity index (χ3n) is 11.5. The molecule has 0 radical (unpaired) electrons. The average molecular weight is 683 g/mol. The summed E-state index contributed by atoms with van der Waals surface area (Å²) in [4.78, 5) is 0. The van der Waals surface area contributed by atoms with Gasteiger partial charge in [0.2, 0.25) is 0 Å². The molecule has 9 aromatic carbocycles. The summed E-state index contributed by atoms with van der Waals surface area (Å²) in [5.74, 6) is 1.35. The zero-order valence-electron chi connectivity index (χ0n) is 31.7. The Bertz CT molecular complexity index is 2780. The molecule has 0 aromatic heterocycles. The molecule has 0 nitrogen and oxygen atoms in total. The standard InChI is InChI=1S/C53H46/c1-32(2)38-26-39(33(3)4)28-41(27-38)52-45-19-11-13-21-47(45)53(48-22-14-12-20-46(48)52)51-30-37-24-23-36(29-50(37)43-17-9-10-18-44(43)51)49-31-40(34(5)6)25-35-15-7-8-16-42(35)49/h7-34H,1-6H3. The van der Waals surface area contributed by atoms with Crippen LogP contribution in [-0.4, -0.2) is 0 Å². The van der Waals surface area contributed by atoms with Crippen molar-refractivity contribution in [3.05, 3.63) is 168 Å². The van der Waals surface area contributed by atoms with E-state index in [9.17, 15) is 0 Å². The zero-order chi connectivity index (χ0) is 36.4. The molecule has 0 amide bonds. The van der Waals surface area contributed by atoms with Gasteiger partial charge in [0.25, 0.3) is 0 Å². The average Bonchev–Trinajstić information content (AvgIpc) is 3.18. The maximum atomic E-state index is 2.45. The lowest BCUT2D eigenvalue weighted by molar-refractivity contribution is 0.835. The molecule has 0 unspecified atom stereocenters. The van der Waals surface area contributed by atoms with Crippen molar-refractivity contribution < 1.29 is 0 Å². The van der Waals surface area contributed by atoms with Crippen LogP contribution in [0.3, 0.4) is 0 Å². The minimum Gasteiger partial charge on any atom is -0.0616 e. The van der Waals surface area contributed by atoms with Crippen LogP contribution in [0.5, 0.6) is 0 Å². The van der Waals surface area contributed by atoms with Gasteiger partial charge in [-0.2, -0.15) is 0 Å². The SMILES string of the molecule is CC(C)c1cc(-c2c3ccccc3c(-c3cc4ccc(-c5cc(C(C)C)cc6ccccc56)cc4c4ccccc34)c3ccccc23)cc(C(C)C)c1. The van der Waals surface area contributed by atoms with Gasteiger partial charge in [-0.3, -0.25) is 0 Å². The molecular weight excluding hydrogens is 637 g/mol. The Morgan fingerprint density at radius 1 is 0.283 bits per heavy atom. The molecular formula is C53H46. The first-order chi connectivity index (χ1) is 25.8. The Morgan fingerprint density at radius 2 is 0.755 bits per heavy atom. The summed E-state index contributed by atoms with van der Waals surface area (Å²) in [7, 11) is 0. The van der Waals surface area contributed by atoms with Crippen LogP contribution >= 0.6 is 0 Å². The van der Waals surface area contributed by atoms with Crippen LogP contribution in [-0.2, 0) is 0 Å². The van der Waals surface area contributed by atoms with E-state index in [4.69, 9.17) is 0 Å². The van der Waals surface area contributed by atoms with Gasteiger partial charge < -0.3 is 0 Å². The van der Waals surface area contributed by atoms with Gasteiger partial charge in [0, 0.05) is 0 Å². The predicted molar refractivity (Wildman–Crippen MR) is 233 cm³/mol. The summed E-state index contributed by atoms with van der Waals surface area (Å²) in [6.45, 7) is 13.8. The van der Waals surface area contributed by atoms with Gasteiger partial charge in [0.15, 0.2) is 0 Å². The number of fused-ring (bicyclic) bond motifs is 6. The van der Waals surface area contributed by atoms with Crippen LogP contribution < -0.4 is 0 Å². The highest BCUT2D eigenvalue weighted by atomic mass is 14.2. The van der Waals surface area contributed by atoms with E-state index in [0.717, 1.165) is 0 Å². The van der Waals surface area contributed by atoms with Crippen LogP contribution in [0.15, 0.2) is 152 Å². The van der Waals surface area contributed by atoms with Crippen molar-refractivity contribution in [3.8, 4) is 33.4 Å². The van der Waals surface area contributed by atoms with E-state index in [0.29, 0.717) is 17.8 Å². The first-order valence-electron chi connectivity index (χ1n) is 19.3. The van der Waals surface area contributed by atoms with E-state index in [1.165, 1.54) is 104 Å². The second-order valence-corrected chi connectivity index (χ2v) is 15.9. The molecule has 0 heterocycles. The Kier molecular flexibility index (Phi) is 8.16. The lowest BCUT2D eigenvalue weighted by Crippen LogP contribution is -1.97. The molecule has 0 bridgehead atoms. The van der Waals surface area contributed by atoms with Gasteiger partial charge in [-0.1, -0.05) is 181 Å². The molecule has 0 aliphatic carbocycles. The van der Waals surface area contributed by atoms with Crippen molar-refractivity contribution in [3.63, 3.8) is 0 Å². The third-order valence-corrected chi connectivity index (χ3v) is 11.5. The van der Waals surface area contributed by atoms with Crippen LogP contribution in [0.2, 0.25) is 0 Å². The van der Waals surface area contributed by atoms with E-state index >= 15 is 0 Å². The minimum atomic E-state index is 0.451. The topological polar surface area (TPSA) is 0 Å². The first-order valence-corrected chi connectivity index (χ1v) is 19.3. The van der Waals surface area contributed by atoms with Crippen LogP contribution in [0, 0.1) is 0 Å². The summed E-state index contributed by atoms with van der Waals surface area (Å²) in [6, 6.07) is 57.7. The molecule has 9 aromatic rings. The molecule has 0 saturated heterocycles. The van der Waals surface area contributed by atoms with Crippen molar-refractivity contribution in [2.75, 3.05) is 0 Å². The summed E-state index contributed by atoms with van der Waals surface area (Å²) in [6.07, 6.45) is 0. The van der Waals surface area contributed by atoms with Crippen molar-refractivity contribution >= 4 is 53.9 Å². The molecule has 0 spiro atoms. The fourth-order valence-corrected chi connectivity index (χ4v) is 8.60. The van der Waals surface area contributed by atoms with Crippen molar-refractivity contribution in [1.82, 2.24) is 0 Å². The summed E-state index contributed by atoms with van der Waals surface area (Å²) >= 11 is 0. The molecule has 0 fully saturated rings. The van der Waals surface area contributed by atoms with Gasteiger partial charge >= 0.3 is 0 Å². The maximum absolute atomic E-state index is 2.45. The van der Waals surface area contributed by atoms with Crippen molar-refractivity contribution in [2.45, 2.75) is 59.3 Å². The Balaban J connectivity index is 1.33. The van der Waals surface area contributed by atoms with Crippen molar-refractivity contribution in [2.24, 2.45) is 0 Å². The normalized spacial score (nSPS) is 12.1. The molecule has 0 atom stereocenters. The van der Waals surface area contributed by atoms with Gasteiger partial charge in [0.1, 0.15) is 0 Å². The monoisotopic (exact) mass is 682 g/mol. The lowest BCUT2D eigenvalue weighted by atomic mass is 9.82. The van der Waals surface area contributed by atoms with E-state index in [-0.39, 0.29) is 0 Å². The smallest absolute Gasteiger partial charge is 0.00199 e. The maximum Gasteiger partial charge on any atom is -0.00199 e. The Labute approximate surface area is 313 Å². The van der Waals surface area contributed by atoms with Gasteiger partial charge in [-0.05, 0) is 134 Å². The van der Waals surface area contributed by atoms with Crippen molar-refractivity contribution in [1.29, 1.82) is 0 Å². The van der Waals surface area contributed by atoms with E-state index in [2.05, 4.69) is 193 Å². The molecule has 258 valence electrons. The van der Waals surface area contributed by atoms with Gasteiger partial charge in [0.05, 0.1) is 0 Å². The number of hydrogen-bond acceptors (Lipinski definition) is 0. The summed E-state index contributed by atoms with van der Waals surface area (Å²) in [5.41, 5.74) is 12.0. The minimum absolute atomic E-state index is 0.451. The highest BCUT2D eigenvalue weighted by Crippen LogP contribution is 2.47. The zero-order valence-corrected chi connectivity index (χ0v) is 31.7. The van der Waals surface area contributed by atoms with Crippen LogP contribution in [0.1, 0.15) is 76.0 Å². The quantitative estimate of drug-likeness (QED) is 0.121. The Morgan fingerprint density at radius 3 is 1.34 bits per heavy atom.